The summed E-state index contributed by atoms with van der Waals surface area (Å²) in [6.07, 6.45) is 0.0772. The van der Waals surface area contributed by atoms with Crippen molar-refractivity contribution in [2.24, 2.45) is 17.8 Å². The Labute approximate surface area is 271 Å². The fourth-order valence-corrected chi connectivity index (χ4v) is 8.26. The van der Waals surface area contributed by atoms with Gasteiger partial charge in [0.1, 0.15) is 5.69 Å². The van der Waals surface area contributed by atoms with Crippen molar-refractivity contribution < 1.29 is 60.9 Å². The molecule has 0 radical (unpaired) electrons. The van der Waals surface area contributed by atoms with E-state index in [-0.39, 0.29) is 28.2 Å². The molecule has 2 saturated heterocycles. The molecule has 47 heavy (non-hydrogen) atoms. The van der Waals surface area contributed by atoms with Gasteiger partial charge in [0.05, 0.1) is 25.4 Å². The predicted molar refractivity (Wildman–Crippen MR) is 150 cm³/mol. The maximum absolute atomic E-state index is 15.1. The third-order valence-electron chi connectivity index (χ3n) is 9.40. The number of likely N-dealkylation sites (tertiary alicyclic amines) is 1. The summed E-state index contributed by atoms with van der Waals surface area (Å²) < 4.78 is 77.8. The van der Waals surface area contributed by atoms with Crippen LogP contribution in [0.3, 0.4) is 0 Å². The van der Waals surface area contributed by atoms with Gasteiger partial charge in [0, 0.05) is 12.5 Å². The standard InChI is InChI=1S/C30H21Cl2F5N2O8/c1-47-15-5-2-10(8-14(15)40)18-11-3-4-12-17(26(44)38(25(12)43)7-6-16(41)42)13(11)9-29(31)27(45)39(28(46)30(18,29)32)24-22(36)20(34)19(33)21(35)23(24)37/h2-3,5,8,12-13,17-18,40H,4,6-7,9H2,1H3,(H,41,42)/t12-,13+,17-,18-,29+,30-/m0/s1. The van der Waals surface area contributed by atoms with Gasteiger partial charge in [-0.1, -0.05) is 17.7 Å². The molecule has 0 unspecified atom stereocenters. The zero-order valence-electron chi connectivity index (χ0n) is 23.8. The lowest BCUT2D eigenvalue weighted by molar-refractivity contribution is -0.142. The molecule has 1 saturated carbocycles. The zero-order valence-corrected chi connectivity index (χ0v) is 25.3. The average molecular weight is 703 g/mol. The van der Waals surface area contributed by atoms with Crippen molar-refractivity contribution in [1.82, 2.24) is 4.90 Å². The predicted octanol–water partition coefficient (Wildman–Crippen LogP) is 4.13. The summed E-state index contributed by atoms with van der Waals surface area (Å²) in [6.45, 7) is -0.464. The second kappa shape index (κ2) is 10.9. The molecule has 2 heterocycles. The Hall–Kier alpha value is -4.24. The Bertz CT molecular complexity index is 1830. The third kappa shape index (κ3) is 4.24. The molecule has 4 aliphatic rings. The number of imide groups is 2. The number of aliphatic carboxylic acids is 1. The van der Waals surface area contributed by atoms with Crippen molar-refractivity contribution in [2.75, 3.05) is 18.6 Å². The number of alkyl halides is 2. The maximum atomic E-state index is 15.1. The molecule has 6 rings (SSSR count). The van der Waals surface area contributed by atoms with Crippen LogP contribution in [0.2, 0.25) is 0 Å². The van der Waals surface area contributed by atoms with Crippen LogP contribution in [0.4, 0.5) is 27.6 Å². The zero-order chi connectivity index (χ0) is 34.5. The lowest BCUT2D eigenvalue weighted by atomic mass is 9.56. The highest BCUT2D eigenvalue weighted by atomic mass is 35.5. The van der Waals surface area contributed by atoms with Crippen molar-refractivity contribution in [3.63, 3.8) is 0 Å². The first-order valence-corrected chi connectivity index (χ1v) is 14.7. The van der Waals surface area contributed by atoms with Gasteiger partial charge in [-0.15, -0.1) is 23.2 Å². The van der Waals surface area contributed by atoms with E-state index in [1.807, 2.05) is 0 Å². The highest BCUT2D eigenvalue weighted by Gasteiger charge is 2.77. The molecule has 0 spiro atoms. The number of carbonyl (C=O) groups is 5. The van der Waals surface area contributed by atoms with Crippen molar-refractivity contribution >= 4 is 58.5 Å². The second-order valence-corrected chi connectivity index (χ2v) is 12.8. The number of carboxylic acids is 1. The van der Waals surface area contributed by atoms with Crippen LogP contribution in [0, 0.1) is 46.8 Å². The topological polar surface area (TPSA) is 142 Å². The van der Waals surface area contributed by atoms with Crippen molar-refractivity contribution in [2.45, 2.75) is 34.9 Å². The van der Waals surface area contributed by atoms with Gasteiger partial charge in [-0.25, -0.2) is 26.9 Å². The summed E-state index contributed by atoms with van der Waals surface area (Å²) in [5.41, 5.74) is -1.76. The highest BCUT2D eigenvalue weighted by molar-refractivity contribution is 6.58. The van der Waals surface area contributed by atoms with Crippen LogP contribution >= 0.6 is 23.2 Å². The maximum Gasteiger partial charge on any atom is 0.305 e. The van der Waals surface area contributed by atoms with E-state index in [0.717, 1.165) is 11.0 Å². The first kappa shape index (κ1) is 32.7. The van der Waals surface area contributed by atoms with E-state index < -0.39 is 123 Å². The van der Waals surface area contributed by atoms with Gasteiger partial charge in [0.15, 0.2) is 44.5 Å². The van der Waals surface area contributed by atoms with Crippen molar-refractivity contribution in [1.29, 1.82) is 0 Å². The number of carbonyl (C=O) groups excluding carboxylic acids is 4. The fourth-order valence-electron chi connectivity index (χ4n) is 7.32. The number of hydrogen-bond donors (Lipinski definition) is 2. The lowest BCUT2D eigenvalue weighted by Crippen LogP contribution is -2.60. The van der Waals surface area contributed by atoms with E-state index >= 15 is 8.78 Å². The van der Waals surface area contributed by atoms with Crippen LogP contribution in [0.1, 0.15) is 30.7 Å². The van der Waals surface area contributed by atoms with E-state index in [1.165, 1.54) is 25.3 Å². The molecule has 17 heteroatoms. The van der Waals surface area contributed by atoms with Crippen LogP contribution in [0.25, 0.3) is 0 Å². The average Bonchev–Trinajstić information content (AvgIpc) is 3.35. The summed E-state index contributed by atoms with van der Waals surface area (Å²) in [4.78, 5) is 61.4. The highest BCUT2D eigenvalue weighted by Crippen LogP contribution is 2.66. The van der Waals surface area contributed by atoms with Crippen LogP contribution < -0.4 is 9.64 Å². The number of amides is 4. The van der Waals surface area contributed by atoms with Crippen molar-refractivity contribution in [3.05, 3.63) is 64.5 Å². The Balaban J connectivity index is 1.56. The number of phenols is 1. The molecule has 0 aromatic heterocycles. The summed E-state index contributed by atoms with van der Waals surface area (Å²) in [5.74, 6) is -24.2. The SMILES string of the molecule is COc1ccc([C@H]2C3=CC[C@@H]4C(=O)N(CCC(=O)O)C(=O)[C@@H]4[C@@H]3C[C@@]3(Cl)C(=O)N(c4c(F)c(F)c(F)c(F)c4F)C(=O)[C@@]23Cl)cc1O. The van der Waals surface area contributed by atoms with Gasteiger partial charge in [0.25, 0.3) is 11.8 Å². The number of anilines is 1. The van der Waals surface area contributed by atoms with E-state index in [1.54, 1.807) is 0 Å². The molecule has 2 aromatic carbocycles. The molecule has 0 bridgehead atoms. The molecule has 4 amide bonds. The molecule has 2 aromatic rings. The monoisotopic (exact) mass is 702 g/mol. The van der Waals surface area contributed by atoms with Crippen molar-refractivity contribution in [3.8, 4) is 11.5 Å². The number of fused-ring (bicyclic) bond motifs is 4. The van der Waals surface area contributed by atoms with E-state index in [0.29, 0.717) is 0 Å². The largest absolute Gasteiger partial charge is 0.504 e. The molecular weight excluding hydrogens is 682 g/mol. The smallest absolute Gasteiger partial charge is 0.305 e. The van der Waals surface area contributed by atoms with Gasteiger partial charge in [-0.05, 0) is 36.5 Å². The number of halogens is 7. The number of nitrogens with zero attached hydrogens (tertiary/aromatic N) is 2. The molecule has 2 aliphatic carbocycles. The number of hydrogen-bond acceptors (Lipinski definition) is 7. The minimum atomic E-state index is -2.75. The number of allylic oxidation sites excluding steroid dienone is 2. The van der Waals surface area contributed by atoms with Crippen LogP contribution in [-0.4, -0.2) is 68.1 Å². The first-order valence-electron chi connectivity index (χ1n) is 13.9. The molecule has 3 fully saturated rings. The number of phenolic OH excluding ortho intramolecular Hbond substituents is 1. The Morgan fingerprint density at radius 1 is 0.957 bits per heavy atom. The summed E-state index contributed by atoms with van der Waals surface area (Å²) in [6, 6.07) is 3.68. The van der Waals surface area contributed by atoms with Gasteiger partial charge < -0.3 is 14.9 Å². The molecule has 10 nitrogen and oxygen atoms in total. The second-order valence-electron chi connectivity index (χ2n) is 11.6. The number of ether oxygens (including phenoxy) is 1. The van der Waals surface area contributed by atoms with E-state index in [2.05, 4.69) is 0 Å². The lowest BCUT2D eigenvalue weighted by Gasteiger charge is -2.50. The van der Waals surface area contributed by atoms with Crippen LogP contribution in [-0.2, 0) is 24.0 Å². The Morgan fingerprint density at radius 2 is 1.57 bits per heavy atom. The minimum absolute atomic E-state index is 0.0161. The Kier molecular flexibility index (Phi) is 7.59. The summed E-state index contributed by atoms with van der Waals surface area (Å²) in [5, 5.41) is 19.7. The number of carboxylic acid groups (broad SMARTS) is 1. The molecule has 6 atom stereocenters. The van der Waals surface area contributed by atoms with E-state index in [4.69, 9.17) is 33.0 Å². The van der Waals surface area contributed by atoms with Gasteiger partial charge in [-0.2, -0.15) is 0 Å². The molecule has 248 valence electrons. The summed E-state index contributed by atoms with van der Waals surface area (Å²) in [7, 11) is 1.24. The number of rotatable bonds is 6. The normalized spacial score (nSPS) is 29.9. The third-order valence-corrected chi connectivity index (χ3v) is 10.8. The quantitative estimate of drug-likeness (QED) is 0.114. The number of benzene rings is 2. The van der Waals surface area contributed by atoms with Crippen LogP contribution in [0.5, 0.6) is 11.5 Å². The van der Waals surface area contributed by atoms with Gasteiger partial charge >= 0.3 is 5.97 Å². The van der Waals surface area contributed by atoms with Gasteiger partial charge in [0.2, 0.25) is 17.6 Å². The molecular formula is C30H21Cl2F5N2O8. The molecule has 2 N–H and O–H groups in total. The van der Waals surface area contributed by atoms with Crippen LogP contribution in [0.15, 0.2) is 29.8 Å². The first-order chi connectivity index (χ1) is 22.0. The minimum Gasteiger partial charge on any atom is -0.504 e. The summed E-state index contributed by atoms with van der Waals surface area (Å²) >= 11 is 14.0. The van der Waals surface area contributed by atoms with Gasteiger partial charge in [-0.3, -0.25) is 28.9 Å². The van der Waals surface area contributed by atoms with E-state index in [9.17, 15) is 42.3 Å². The Morgan fingerprint density at radius 3 is 2.15 bits per heavy atom. The number of aromatic hydroxyl groups is 1. The number of methoxy groups -OCH3 is 1. The fraction of sp³-hybridized carbons (Fsp3) is 0.367. The molecule has 2 aliphatic heterocycles.